The predicted molar refractivity (Wildman–Crippen MR) is 130 cm³/mol. The van der Waals surface area contributed by atoms with Gasteiger partial charge in [0.05, 0.1) is 23.0 Å². The molecule has 1 atom stereocenters. The van der Waals surface area contributed by atoms with Crippen LogP contribution < -0.4 is 4.74 Å². The number of hydrogen-bond donors (Lipinski definition) is 1. The van der Waals surface area contributed by atoms with Gasteiger partial charge in [-0.05, 0) is 25.1 Å². The lowest BCUT2D eigenvalue weighted by Crippen LogP contribution is -2.57. The van der Waals surface area contributed by atoms with Gasteiger partial charge in [-0.25, -0.2) is 9.37 Å². The maximum absolute atomic E-state index is 14.9. The number of rotatable bonds is 3. The van der Waals surface area contributed by atoms with Gasteiger partial charge < -0.3 is 19.6 Å². The van der Waals surface area contributed by atoms with Crippen molar-refractivity contribution in [1.82, 2.24) is 24.6 Å². The second-order valence-electron chi connectivity index (χ2n) is 8.71. The van der Waals surface area contributed by atoms with Crippen molar-refractivity contribution in [3.63, 3.8) is 0 Å². The van der Waals surface area contributed by atoms with E-state index in [4.69, 9.17) is 16.3 Å². The van der Waals surface area contributed by atoms with Crippen molar-refractivity contribution >= 4 is 23.4 Å². The van der Waals surface area contributed by atoms with Crippen LogP contribution in [0.5, 0.6) is 11.5 Å². The fraction of sp³-hybridized carbons (Fsp3) is 0.280. The normalized spacial score (nSPS) is 17.2. The monoisotopic (exact) mass is 511 g/mol. The number of aromatic nitrogens is 3. The van der Waals surface area contributed by atoms with Gasteiger partial charge in [-0.1, -0.05) is 24.2 Å². The minimum atomic E-state index is -0.728. The topological polar surface area (TPSA) is 101 Å². The number of phenolic OH excluding ortho intramolecular Hbond substituents is 1. The largest absolute Gasteiger partial charge is 0.507 e. The number of hydrogen-bond acceptors (Lipinski definition) is 6. The molecule has 3 aromatic rings. The standard InChI is InChI=1S/C25H23ClFN5O4/c1-4-18(34)31-8-9-32-14(10-31)12-36-24-20(25(32)35)22(15-11-30(3)29-13(15)2)28-23(21(24)26)19-16(27)6-5-7-17(19)33/h4-7,11,14,33H,1,8-10,12H2,2-3H3/t14-/m1/s1. The number of carbonyl (C=O) groups excluding carboxylic acids is 2. The average Bonchev–Trinajstić information content (AvgIpc) is 3.11. The molecule has 186 valence electrons. The number of piperazine rings is 1. The third-order valence-corrected chi connectivity index (χ3v) is 6.81. The SMILES string of the molecule is C=CC(=O)N1CCN2C(=O)c3c(-c4cn(C)nc4C)nc(-c4c(O)cccc4F)c(Cl)c3OC[C@H]2C1. The molecular formula is C25H23ClFN5O4. The van der Waals surface area contributed by atoms with E-state index >= 15 is 0 Å². The summed E-state index contributed by atoms with van der Waals surface area (Å²) in [5.41, 5.74) is 1.22. The molecule has 0 saturated carbocycles. The predicted octanol–water partition coefficient (Wildman–Crippen LogP) is 3.19. The summed E-state index contributed by atoms with van der Waals surface area (Å²) in [4.78, 5) is 34.0. The van der Waals surface area contributed by atoms with Gasteiger partial charge >= 0.3 is 0 Å². The molecule has 5 rings (SSSR count). The molecule has 1 aromatic carbocycles. The maximum Gasteiger partial charge on any atom is 0.260 e. The minimum Gasteiger partial charge on any atom is -0.507 e. The zero-order valence-corrected chi connectivity index (χ0v) is 20.4. The molecule has 4 heterocycles. The molecule has 2 aliphatic heterocycles. The van der Waals surface area contributed by atoms with Gasteiger partial charge in [0.25, 0.3) is 5.91 Å². The number of nitrogens with zero attached hydrogens (tertiary/aromatic N) is 5. The van der Waals surface area contributed by atoms with Crippen LogP contribution in [-0.2, 0) is 11.8 Å². The van der Waals surface area contributed by atoms with Gasteiger partial charge in [-0.2, -0.15) is 5.10 Å². The number of amides is 2. The highest BCUT2D eigenvalue weighted by atomic mass is 35.5. The van der Waals surface area contributed by atoms with Crippen molar-refractivity contribution in [2.24, 2.45) is 7.05 Å². The summed E-state index contributed by atoms with van der Waals surface area (Å²) in [7, 11) is 1.74. The Labute approximate surface area is 211 Å². The molecule has 1 saturated heterocycles. The van der Waals surface area contributed by atoms with Crippen LogP contribution >= 0.6 is 11.6 Å². The quantitative estimate of drug-likeness (QED) is 0.542. The summed E-state index contributed by atoms with van der Waals surface area (Å²) in [6, 6.07) is 3.44. The Kier molecular flexibility index (Phi) is 5.91. The molecule has 2 amide bonds. The molecule has 2 aromatic heterocycles. The third-order valence-electron chi connectivity index (χ3n) is 6.46. The highest BCUT2D eigenvalue weighted by molar-refractivity contribution is 6.35. The zero-order valence-electron chi connectivity index (χ0n) is 19.7. The minimum absolute atomic E-state index is 0.0450. The van der Waals surface area contributed by atoms with E-state index < -0.39 is 11.9 Å². The number of benzene rings is 1. The summed E-state index contributed by atoms with van der Waals surface area (Å²) >= 11 is 6.71. The molecule has 36 heavy (non-hydrogen) atoms. The first-order chi connectivity index (χ1) is 17.2. The third kappa shape index (κ3) is 3.78. The molecule has 1 N–H and O–H groups in total. The van der Waals surface area contributed by atoms with Crippen LogP contribution in [0.3, 0.4) is 0 Å². The molecular weight excluding hydrogens is 489 g/mol. The van der Waals surface area contributed by atoms with Crippen LogP contribution in [0.25, 0.3) is 22.5 Å². The smallest absolute Gasteiger partial charge is 0.260 e. The molecule has 1 fully saturated rings. The van der Waals surface area contributed by atoms with Crippen LogP contribution in [0, 0.1) is 12.7 Å². The van der Waals surface area contributed by atoms with E-state index in [2.05, 4.69) is 16.7 Å². The van der Waals surface area contributed by atoms with Crippen molar-refractivity contribution in [3.8, 4) is 34.0 Å². The molecule has 2 aliphatic rings. The number of aromatic hydroxyl groups is 1. The lowest BCUT2D eigenvalue weighted by Gasteiger charge is -2.39. The number of fused-ring (bicyclic) bond motifs is 2. The fourth-order valence-corrected chi connectivity index (χ4v) is 5.02. The molecule has 11 heteroatoms. The van der Waals surface area contributed by atoms with E-state index in [-0.39, 0.29) is 70.5 Å². The van der Waals surface area contributed by atoms with Crippen molar-refractivity contribution in [3.05, 3.63) is 59.1 Å². The summed E-state index contributed by atoms with van der Waals surface area (Å²) in [6.07, 6.45) is 2.94. The van der Waals surface area contributed by atoms with Gasteiger partial charge in [0.1, 0.15) is 34.5 Å². The lowest BCUT2D eigenvalue weighted by atomic mass is 10.0. The van der Waals surface area contributed by atoms with Gasteiger partial charge in [-0.15, -0.1) is 0 Å². The fourth-order valence-electron chi connectivity index (χ4n) is 4.73. The number of aryl methyl sites for hydroxylation is 2. The average molecular weight is 512 g/mol. The number of carbonyl (C=O) groups is 2. The highest BCUT2D eigenvalue weighted by Crippen LogP contribution is 2.46. The maximum atomic E-state index is 14.9. The highest BCUT2D eigenvalue weighted by Gasteiger charge is 2.40. The number of pyridine rings is 1. The van der Waals surface area contributed by atoms with Crippen LogP contribution in [0.1, 0.15) is 16.1 Å². The molecule has 0 radical (unpaired) electrons. The first-order valence-corrected chi connectivity index (χ1v) is 11.7. The summed E-state index contributed by atoms with van der Waals surface area (Å²) in [5.74, 6) is -1.63. The Morgan fingerprint density at radius 1 is 1.31 bits per heavy atom. The second-order valence-corrected chi connectivity index (χ2v) is 9.09. The van der Waals surface area contributed by atoms with Crippen LogP contribution in [0.2, 0.25) is 5.02 Å². The number of halogens is 2. The molecule has 0 spiro atoms. The first kappa shape index (κ1) is 23.8. The van der Waals surface area contributed by atoms with Gasteiger partial charge in [0.15, 0.2) is 5.75 Å². The number of phenols is 1. The van der Waals surface area contributed by atoms with E-state index in [0.29, 0.717) is 17.8 Å². The zero-order chi connectivity index (χ0) is 25.7. The molecule has 0 bridgehead atoms. The van der Waals surface area contributed by atoms with Crippen LogP contribution in [0.4, 0.5) is 4.39 Å². The second kappa shape index (κ2) is 8.94. The Bertz CT molecular complexity index is 1400. The Morgan fingerprint density at radius 2 is 2.08 bits per heavy atom. The van der Waals surface area contributed by atoms with Crippen molar-refractivity contribution < 1.29 is 23.8 Å². The van der Waals surface area contributed by atoms with Crippen LogP contribution in [0.15, 0.2) is 37.1 Å². The van der Waals surface area contributed by atoms with Gasteiger partial charge in [0, 0.05) is 38.4 Å². The summed E-state index contributed by atoms with van der Waals surface area (Å²) < 4.78 is 22.6. The summed E-state index contributed by atoms with van der Waals surface area (Å²) in [6.45, 7) is 6.24. The van der Waals surface area contributed by atoms with Crippen molar-refractivity contribution in [2.75, 3.05) is 26.2 Å². The number of ether oxygens (including phenoxy) is 1. The van der Waals surface area contributed by atoms with Crippen LogP contribution in [-0.4, -0.2) is 73.8 Å². The Morgan fingerprint density at radius 3 is 2.75 bits per heavy atom. The lowest BCUT2D eigenvalue weighted by molar-refractivity contribution is -0.128. The molecule has 0 unspecified atom stereocenters. The van der Waals surface area contributed by atoms with E-state index in [9.17, 15) is 19.1 Å². The van der Waals surface area contributed by atoms with Gasteiger partial charge in [-0.3, -0.25) is 14.3 Å². The molecule has 0 aliphatic carbocycles. The van der Waals surface area contributed by atoms with E-state index in [1.807, 2.05) is 0 Å². The summed E-state index contributed by atoms with van der Waals surface area (Å²) in [5, 5.41) is 14.7. The van der Waals surface area contributed by atoms with Crippen molar-refractivity contribution in [2.45, 2.75) is 13.0 Å². The first-order valence-electron chi connectivity index (χ1n) is 11.3. The Hall–Kier alpha value is -3.92. The molecule has 9 nitrogen and oxygen atoms in total. The van der Waals surface area contributed by atoms with Crippen molar-refractivity contribution in [1.29, 1.82) is 0 Å². The Balaban J connectivity index is 1.73. The van der Waals surface area contributed by atoms with E-state index in [1.165, 1.54) is 24.3 Å². The van der Waals surface area contributed by atoms with Gasteiger partial charge in [0.2, 0.25) is 5.91 Å². The van der Waals surface area contributed by atoms with E-state index in [0.717, 1.165) is 0 Å². The van der Waals surface area contributed by atoms with E-state index in [1.54, 1.807) is 34.6 Å².